The Hall–Kier alpha value is -3.93. The summed E-state index contributed by atoms with van der Waals surface area (Å²) in [5.41, 5.74) is -0.405. The molecule has 9 nitrogen and oxygen atoms in total. The average molecular weight is 553 g/mol. The molecule has 1 aliphatic rings. The monoisotopic (exact) mass is 552 g/mol. The van der Waals surface area contributed by atoms with Gasteiger partial charge in [-0.15, -0.1) is 13.2 Å². The molecule has 0 amide bonds. The molecular formula is C25H24ClF3N4O5. The molecule has 38 heavy (non-hydrogen) atoms. The number of rotatable bonds is 9. The maximum absolute atomic E-state index is 13.5. The Bertz CT molecular complexity index is 1450. The number of hydrogen-bond donors (Lipinski definition) is 1. The fourth-order valence-corrected chi connectivity index (χ4v) is 4.14. The number of Topliss-reactive ketones (excluding diaryl/α,β-unsaturated/α-hetero) is 1. The maximum Gasteiger partial charge on any atom is 0.573 e. The highest BCUT2D eigenvalue weighted by molar-refractivity contribution is 6.30. The van der Waals surface area contributed by atoms with Crippen LogP contribution in [-0.2, 0) is 24.9 Å². The van der Waals surface area contributed by atoms with Crippen LogP contribution < -0.4 is 30.9 Å². The number of hydrogen-bond acceptors (Lipinski definition) is 7. The zero-order valence-electron chi connectivity index (χ0n) is 20.4. The Morgan fingerprint density at radius 3 is 2.45 bits per heavy atom. The second-order valence-corrected chi connectivity index (χ2v) is 8.97. The van der Waals surface area contributed by atoms with Crippen LogP contribution in [0.2, 0.25) is 5.02 Å². The number of anilines is 2. The Morgan fingerprint density at radius 2 is 1.79 bits per heavy atom. The lowest BCUT2D eigenvalue weighted by atomic mass is 10.2. The molecule has 1 unspecified atom stereocenters. The minimum atomic E-state index is -4.89. The van der Waals surface area contributed by atoms with E-state index in [-0.39, 0.29) is 49.0 Å². The van der Waals surface area contributed by atoms with Crippen LogP contribution in [-0.4, -0.2) is 27.6 Å². The van der Waals surface area contributed by atoms with Crippen molar-refractivity contribution in [1.29, 1.82) is 0 Å². The number of ether oxygens (including phenoxy) is 2. The van der Waals surface area contributed by atoms with E-state index in [1.54, 1.807) is 36.1 Å². The SMILES string of the molecule is CCC(=O)CCn1c(=O)c2c(n(C)c1=O)NC(Oc1cccc(OC(F)(F)F)c1)N2Cc1ccc(Cl)cc1. The molecule has 0 radical (unpaired) electrons. The molecule has 1 aliphatic heterocycles. The quantitative estimate of drug-likeness (QED) is 0.424. The molecule has 4 rings (SSSR count). The van der Waals surface area contributed by atoms with Gasteiger partial charge in [-0.3, -0.25) is 18.7 Å². The maximum atomic E-state index is 13.5. The van der Waals surface area contributed by atoms with E-state index in [4.69, 9.17) is 16.3 Å². The van der Waals surface area contributed by atoms with Gasteiger partial charge in [-0.25, -0.2) is 4.79 Å². The molecule has 0 bridgehead atoms. The van der Waals surface area contributed by atoms with Gasteiger partial charge in [0.1, 0.15) is 28.8 Å². The predicted molar refractivity (Wildman–Crippen MR) is 135 cm³/mol. The lowest BCUT2D eigenvalue weighted by Gasteiger charge is -2.27. The highest BCUT2D eigenvalue weighted by Gasteiger charge is 2.37. The van der Waals surface area contributed by atoms with Crippen molar-refractivity contribution >= 4 is 28.9 Å². The van der Waals surface area contributed by atoms with Crippen molar-refractivity contribution in [3.05, 3.63) is 80.0 Å². The molecule has 0 saturated carbocycles. The average Bonchev–Trinajstić information content (AvgIpc) is 3.20. The van der Waals surface area contributed by atoms with Gasteiger partial charge in [-0.05, 0) is 29.8 Å². The number of benzene rings is 2. The topological polar surface area (TPSA) is 94.8 Å². The van der Waals surface area contributed by atoms with Crippen LogP contribution in [0, 0.1) is 0 Å². The van der Waals surface area contributed by atoms with Gasteiger partial charge in [-0.2, -0.15) is 0 Å². The van der Waals surface area contributed by atoms with Crippen LogP contribution >= 0.6 is 11.6 Å². The van der Waals surface area contributed by atoms with Crippen LogP contribution in [0.1, 0.15) is 25.3 Å². The summed E-state index contributed by atoms with van der Waals surface area (Å²) in [6, 6.07) is 11.8. The first-order valence-electron chi connectivity index (χ1n) is 11.6. The van der Waals surface area contributed by atoms with Crippen molar-refractivity contribution in [1.82, 2.24) is 9.13 Å². The number of nitrogens with zero attached hydrogens (tertiary/aromatic N) is 3. The van der Waals surface area contributed by atoms with Crippen LogP contribution in [0.3, 0.4) is 0 Å². The zero-order chi connectivity index (χ0) is 27.6. The van der Waals surface area contributed by atoms with E-state index in [2.05, 4.69) is 10.1 Å². The van der Waals surface area contributed by atoms with Crippen molar-refractivity contribution in [2.75, 3.05) is 10.2 Å². The first kappa shape index (κ1) is 27.1. The normalized spacial score (nSPS) is 14.7. The zero-order valence-corrected chi connectivity index (χ0v) is 21.2. The van der Waals surface area contributed by atoms with Gasteiger partial charge >= 0.3 is 12.1 Å². The molecule has 0 saturated heterocycles. The molecule has 1 aromatic heterocycles. The van der Waals surface area contributed by atoms with Gasteiger partial charge in [0.05, 0.1) is 0 Å². The smallest absolute Gasteiger partial charge is 0.452 e. The largest absolute Gasteiger partial charge is 0.573 e. The number of nitrogens with one attached hydrogen (secondary N) is 1. The number of alkyl halides is 3. The summed E-state index contributed by atoms with van der Waals surface area (Å²) < 4.78 is 50.3. The first-order valence-corrected chi connectivity index (χ1v) is 12.0. The lowest BCUT2D eigenvalue weighted by Crippen LogP contribution is -2.43. The molecule has 2 aromatic carbocycles. The predicted octanol–water partition coefficient (Wildman–Crippen LogP) is 4.26. The van der Waals surface area contributed by atoms with Crippen LogP contribution in [0.15, 0.2) is 58.1 Å². The van der Waals surface area contributed by atoms with Crippen molar-refractivity contribution in [2.24, 2.45) is 7.05 Å². The summed E-state index contributed by atoms with van der Waals surface area (Å²) in [6.45, 7) is 1.73. The molecule has 202 valence electrons. The molecule has 3 aromatic rings. The van der Waals surface area contributed by atoms with Crippen molar-refractivity contribution in [3.8, 4) is 11.5 Å². The summed E-state index contributed by atoms with van der Waals surface area (Å²) in [6.07, 6.45) is -5.67. The van der Waals surface area contributed by atoms with Crippen molar-refractivity contribution in [3.63, 3.8) is 0 Å². The first-order chi connectivity index (χ1) is 18.0. The minimum absolute atomic E-state index is 0.0149. The third-order valence-electron chi connectivity index (χ3n) is 5.92. The van der Waals surface area contributed by atoms with E-state index in [9.17, 15) is 27.6 Å². The van der Waals surface area contributed by atoms with E-state index in [0.717, 1.165) is 22.3 Å². The Morgan fingerprint density at radius 1 is 1.11 bits per heavy atom. The summed E-state index contributed by atoms with van der Waals surface area (Å²) in [7, 11) is 1.46. The molecular weight excluding hydrogens is 529 g/mol. The number of aromatic nitrogens is 2. The van der Waals surface area contributed by atoms with Gasteiger partial charge in [-0.1, -0.05) is 36.7 Å². The fraction of sp³-hybridized carbons (Fsp3) is 0.320. The number of carbonyl (C=O) groups excluding carboxylic acids is 1. The minimum Gasteiger partial charge on any atom is -0.452 e. The summed E-state index contributed by atoms with van der Waals surface area (Å²) >= 11 is 6.00. The molecule has 2 heterocycles. The fourth-order valence-electron chi connectivity index (χ4n) is 4.01. The van der Waals surface area contributed by atoms with E-state index in [1.807, 2.05) is 0 Å². The number of carbonyl (C=O) groups is 1. The molecule has 0 fully saturated rings. The standard InChI is InChI=1S/C25H24ClF3N4O5/c1-3-17(34)11-12-32-22(35)20-21(31(2)24(32)36)30-23(33(20)14-15-7-9-16(26)10-8-15)37-18-5-4-6-19(13-18)38-25(27,28)29/h4-10,13,23,30H,3,11-12,14H2,1-2H3. The molecule has 0 aliphatic carbocycles. The number of fused-ring (bicyclic) bond motifs is 1. The summed E-state index contributed by atoms with van der Waals surface area (Å²) in [4.78, 5) is 39.9. The van der Waals surface area contributed by atoms with E-state index >= 15 is 0 Å². The van der Waals surface area contributed by atoms with Crippen LogP contribution in [0.25, 0.3) is 0 Å². The molecule has 0 spiro atoms. The lowest BCUT2D eigenvalue weighted by molar-refractivity contribution is -0.274. The second kappa shape index (κ2) is 10.8. The van der Waals surface area contributed by atoms with Crippen molar-refractivity contribution in [2.45, 2.75) is 45.6 Å². The van der Waals surface area contributed by atoms with Gasteiger partial charge < -0.3 is 19.7 Å². The second-order valence-electron chi connectivity index (χ2n) is 8.53. The summed E-state index contributed by atoms with van der Waals surface area (Å²) in [5, 5.41) is 3.49. The Labute approximate surface area is 220 Å². The van der Waals surface area contributed by atoms with Crippen LogP contribution in [0.4, 0.5) is 24.7 Å². The van der Waals surface area contributed by atoms with E-state index in [0.29, 0.717) is 5.02 Å². The van der Waals surface area contributed by atoms with E-state index in [1.165, 1.54) is 23.7 Å². The highest BCUT2D eigenvalue weighted by Crippen LogP contribution is 2.34. The number of ketones is 1. The third kappa shape index (κ3) is 5.96. The third-order valence-corrected chi connectivity index (χ3v) is 6.17. The highest BCUT2D eigenvalue weighted by atomic mass is 35.5. The van der Waals surface area contributed by atoms with Gasteiger partial charge in [0.15, 0.2) is 0 Å². The van der Waals surface area contributed by atoms with Crippen LogP contribution in [0.5, 0.6) is 11.5 Å². The van der Waals surface area contributed by atoms with Gasteiger partial charge in [0.25, 0.3) is 11.9 Å². The van der Waals surface area contributed by atoms with Gasteiger partial charge in [0.2, 0.25) is 0 Å². The van der Waals surface area contributed by atoms with Crippen molar-refractivity contribution < 1.29 is 27.4 Å². The Kier molecular flexibility index (Phi) is 7.72. The summed E-state index contributed by atoms with van der Waals surface area (Å²) in [5.74, 6) is -0.389. The number of halogens is 4. The van der Waals surface area contributed by atoms with Gasteiger partial charge in [0, 0.05) is 44.1 Å². The molecule has 1 atom stereocenters. The Balaban J connectivity index is 1.74. The molecule has 1 N–H and O–H groups in total. The molecule has 13 heteroatoms. The van der Waals surface area contributed by atoms with E-state index < -0.39 is 29.7 Å².